The van der Waals surface area contributed by atoms with Crippen LogP contribution in [0.25, 0.3) is 5.69 Å². The lowest BCUT2D eigenvalue weighted by Crippen LogP contribution is -2.49. The second-order valence-corrected chi connectivity index (χ2v) is 10.4. The van der Waals surface area contributed by atoms with Crippen LogP contribution in [-0.2, 0) is 9.47 Å². The molecule has 0 bridgehead atoms. The number of carbonyl (C=O) groups is 2. The molecule has 0 atom stereocenters. The van der Waals surface area contributed by atoms with E-state index in [1.165, 1.54) is 0 Å². The van der Waals surface area contributed by atoms with E-state index >= 15 is 0 Å². The minimum atomic E-state index is -0.277. The number of anilines is 5. The molecule has 1 aromatic carbocycles. The van der Waals surface area contributed by atoms with Gasteiger partial charge >= 0.3 is 12.2 Å². The summed E-state index contributed by atoms with van der Waals surface area (Å²) in [5.74, 6) is 1.40. The summed E-state index contributed by atoms with van der Waals surface area (Å²) in [6.07, 6.45) is 2.84. The number of hydrogen-bond donors (Lipinski definition) is 2. The number of benzene rings is 1. The van der Waals surface area contributed by atoms with Crippen LogP contribution in [0.2, 0.25) is 0 Å². The second kappa shape index (κ2) is 13.9. The zero-order chi connectivity index (χ0) is 30.2. The molecule has 2 saturated heterocycles. The molecule has 3 aromatic rings. The van der Waals surface area contributed by atoms with Crippen molar-refractivity contribution in [3.63, 3.8) is 0 Å². The number of piperazine rings is 1. The van der Waals surface area contributed by atoms with Gasteiger partial charge in [-0.1, -0.05) is 6.92 Å². The number of ether oxygens (including phenoxy) is 2. The predicted molar refractivity (Wildman–Crippen MR) is 164 cm³/mol. The number of nitrogens with one attached hydrogen (secondary N) is 1. The highest BCUT2D eigenvalue weighted by atomic mass is 16.6. The highest BCUT2D eigenvalue weighted by Crippen LogP contribution is 2.24. The fourth-order valence-corrected chi connectivity index (χ4v) is 5.14. The van der Waals surface area contributed by atoms with Crippen LogP contribution in [-0.4, -0.2) is 107 Å². The molecule has 3 N–H and O–H groups in total. The van der Waals surface area contributed by atoms with Gasteiger partial charge in [0.1, 0.15) is 5.82 Å². The Morgan fingerprint density at radius 3 is 2.28 bits per heavy atom. The standard InChI is InChI=1S/C29H40N10O4/c1-3-20-43-29(41)38-17-14-35(15-18-38)23-8-6-22(7-9-23)32-27-33-26(30)39(34-27)24-10-11-31-25(21-24)36-12-5-13-37(19-16-36)28(40)42-4-2/h6-11,21H,3-5,12-20H2,1-2H3,(H3,30,32,33,34). The highest BCUT2D eigenvalue weighted by Gasteiger charge is 2.23. The van der Waals surface area contributed by atoms with Crippen molar-refractivity contribution >= 4 is 41.3 Å². The minimum absolute atomic E-state index is 0.237. The fraction of sp³-hybridized carbons (Fsp3) is 0.483. The summed E-state index contributed by atoms with van der Waals surface area (Å²) in [5.41, 5.74) is 8.90. The summed E-state index contributed by atoms with van der Waals surface area (Å²) < 4.78 is 12.0. The van der Waals surface area contributed by atoms with Gasteiger partial charge in [-0.2, -0.15) is 9.67 Å². The molecular formula is C29H40N10O4. The van der Waals surface area contributed by atoms with Crippen molar-refractivity contribution in [2.75, 3.05) is 86.4 Å². The van der Waals surface area contributed by atoms with Crippen molar-refractivity contribution in [1.82, 2.24) is 29.5 Å². The Hall–Kier alpha value is -4.75. The van der Waals surface area contributed by atoms with Gasteiger partial charge < -0.3 is 40.1 Å². The first kappa shape index (κ1) is 29.7. The third-order valence-corrected chi connectivity index (χ3v) is 7.41. The monoisotopic (exact) mass is 592 g/mol. The van der Waals surface area contributed by atoms with Crippen LogP contribution in [0, 0.1) is 0 Å². The van der Waals surface area contributed by atoms with Gasteiger partial charge in [-0.25, -0.2) is 14.6 Å². The third kappa shape index (κ3) is 7.37. The first-order chi connectivity index (χ1) is 20.9. The molecular weight excluding hydrogens is 552 g/mol. The number of rotatable bonds is 8. The Bertz CT molecular complexity index is 1370. The maximum atomic E-state index is 12.2. The van der Waals surface area contributed by atoms with Crippen LogP contribution in [0.4, 0.5) is 38.7 Å². The Morgan fingerprint density at radius 2 is 1.56 bits per heavy atom. The zero-order valence-electron chi connectivity index (χ0n) is 24.8. The number of nitrogen functional groups attached to an aromatic ring is 1. The number of carbonyl (C=O) groups excluding carboxylic acids is 2. The third-order valence-electron chi connectivity index (χ3n) is 7.41. The fourth-order valence-electron chi connectivity index (χ4n) is 5.14. The van der Waals surface area contributed by atoms with Gasteiger partial charge in [-0.15, -0.1) is 5.10 Å². The molecule has 2 fully saturated rings. The van der Waals surface area contributed by atoms with E-state index in [0.717, 1.165) is 55.4 Å². The summed E-state index contributed by atoms with van der Waals surface area (Å²) in [5, 5.41) is 7.82. The van der Waals surface area contributed by atoms with E-state index in [1.54, 1.807) is 20.7 Å². The van der Waals surface area contributed by atoms with Crippen molar-refractivity contribution < 1.29 is 19.1 Å². The molecule has 230 valence electrons. The van der Waals surface area contributed by atoms with Gasteiger partial charge in [0.15, 0.2) is 0 Å². The largest absolute Gasteiger partial charge is 0.450 e. The molecule has 0 aliphatic carbocycles. The van der Waals surface area contributed by atoms with Crippen molar-refractivity contribution in [2.45, 2.75) is 26.7 Å². The molecule has 14 nitrogen and oxygen atoms in total. The highest BCUT2D eigenvalue weighted by molar-refractivity contribution is 5.69. The van der Waals surface area contributed by atoms with Crippen molar-refractivity contribution in [3.8, 4) is 5.69 Å². The van der Waals surface area contributed by atoms with Crippen molar-refractivity contribution in [1.29, 1.82) is 0 Å². The van der Waals surface area contributed by atoms with E-state index in [2.05, 4.69) is 30.2 Å². The Labute approximate surface area is 251 Å². The van der Waals surface area contributed by atoms with Gasteiger partial charge in [-0.3, -0.25) is 0 Å². The summed E-state index contributed by atoms with van der Waals surface area (Å²) >= 11 is 0. The smallest absolute Gasteiger partial charge is 0.409 e. The molecule has 14 heteroatoms. The molecule has 2 aliphatic heterocycles. The van der Waals surface area contributed by atoms with E-state index < -0.39 is 0 Å². The molecule has 0 unspecified atom stereocenters. The van der Waals surface area contributed by atoms with Crippen LogP contribution in [0.15, 0.2) is 42.6 Å². The Kier molecular flexibility index (Phi) is 9.64. The number of nitrogens with two attached hydrogens (primary N) is 1. The van der Waals surface area contributed by atoms with E-state index in [1.807, 2.05) is 50.2 Å². The number of aromatic nitrogens is 4. The molecule has 0 saturated carbocycles. The van der Waals surface area contributed by atoms with Crippen molar-refractivity contribution in [3.05, 3.63) is 42.6 Å². The average molecular weight is 593 g/mol. The number of hydrogen-bond acceptors (Lipinski definition) is 11. The quantitative estimate of drug-likeness (QED) is 0.397. The van der Waals surface area contributed by atoms with E-state index in [4.69, 9.17) is 15.2 Å². The maximum absolute atomic E-state index is 12.2. The predicted octanol–water partition coefficient (Wildman–Crippen LogP) is 3.33. The normalized spacial score (nSPS) is 15.7. The minimum Gasteiger partial charge on any atom is -0.450 e. The summed E-state index contributed by atoms with van der Waals surface area (Å²) in [4.78, 5) is 41.1. The van der Waals surface area contributed by atoms with Gasteiger partial charge in [0.2, 0.25) is 11.9 Å². The number of pyridine rings is 1. The summed E-state index contributed by atoms with van der Waals surface area (Å²) in [6.45, 7) is 9.97. The topological polar surface area (TPSA) is 147 Å². The van der Waals surface area contributed by atoms with Crippen LogP contribution in [0.5, 0.6) is 0 Å². The van der Waals surface area contributed by atoms with Crippen molar-refractivity contribution in [2.24, 2.45) is 0 Å². The lowest BCUT2D eigenvalue weighted by molar-refractivity contribution is 0.100. The van der Waals surface area contributed by atoms with Crippen LogP contribution >= 0.6 is 0 Å². The summed E-state index contributed by atoms with van der Waals surface area (Å²) in [7, 11) is 0. The molecule has 4 heterocycles. The molecule has 5 rings (SSSR count). The first-order valence-corrected chi connectivity index (χ1v) is 14.8. The van der Waals surface area contributed by atoms with E-state index in [9.17, 15) is 9.59 Å². The number of nitrogens with zero attached hydrogens (tertiary/aromatic N) is 8. The van der Waals surface area contributed by atoms with Crippen LogP contribution in [0.1, 0.15) is 26.7 Å². The molecule has 0 spiro atoms. The lowest BCUT2D eigenvalue weighted by atomic mass is 10.2. The van der Waals surface area contributed by atoms with E-state index in [0.29, 0.717) is 51.9 Å². The summed E-state index contributed by atoms with van der Waals surface area (Å²) in [6, 6.07) is 11.8. The van der Waals surface area contributed by atoms with Crippen LogP contribution in [0.3, 0.4) is 0 Å². The van der Waals surface area contributed by atoms with Gasteiger partial charge in [0.05, 0.1) is 18.9 Å². The SMILES string of the molecule is CCCOC(=O)N1CCN(c2ccc(Nc3nc(N)n(-c4ccnc(N5CCCN(C(=O)OCC)CC5)c4)n3)cc2)CC1. The van der Waals surface area contributed by atoms with Crippen LogP contribution < -0.4 is 20.9 Å². The molecule has 2 aromatic heterocycles. The van der Waals surface area contributed by atoms with Gasteiger partial charge in [0, 0.05) is 76.0 Å². The zero-order valence-corrected chi connectivity index (χ0v) is 24.8. The van der Waals surface area contributed by atoms with Gasteiger partial charge in [0.25, 0.3) is 0 Å². The first-order valence-electron chi connectivity index (χ1n) is 14.8. The molecule has 43 heavy (non-hydrogen) atoms. The maximum Gasteiger partial charge on any atom is 0.409 e. The molecule has 0 radical (unpaired) electrons. The Morgan fingerprint density at radius 1 is 0.860 bits per heavy atom. The number of amides is 2. The Balaban J connectivity index is 1.19. The average Bonchev–Trinajstić information content (AvgIpc) is 3.22. The molecule has 2 amide bonds. The molecule has 2 aliphatic rings. The second-order valence-electron chi connectivity index (χ2n) is 10.4. The van der Waals surface area contributed by atoms with E-state index in [-0.39, 0.29) is 18.1 Å². The van der Waals surface area contributed by atoms with Gasteiger partial charge in [-0.05, 0) is 50.1 Å². The lowest BCUT2D eigenvalue weighted by Gasteiger charge is -2.35.